The summed E-state index contributed by atoms with van der Waals surface area (Å²) in [6.45, 7) is 0. The van der Waals surface area contributed by atoms with Crippen LogP contribution >= 0.6 is 23.2 Å². The molecule has 3 rings (SSSR count). The van der Waals surface area contributed by atoms with Crippen LogP contribution in [0.1, 0.15) is 31.1 Å². The molecule has 0 saturated heterocycles. The van der Waals surface area contributed by atoms with Gasteiger partial charge in [0.1, 0.15) is 5.75 Å². The number of hydrazine groups is 1. The van der Waals surface area contributed by atoms with Crippen molar-refractivity contribution in [3.05, 3.63) is 99.5 Å². The third kappa shape index (κ3) is 6.78. The number of phenols is 1. The van der Waals surface area contributed by atoms with Crippen LogP contribution in [-0.2, 0) is 19.1 Å². The number of hydrogen-bond acceptors (Lipinski definition) is 8. The van der Waals surface area contributed by atoms with Gasteiger partial charge in [0.15, 0.2) is 0 Å². The van der Waals surface area contributed by atoms with E-state index in [0.29, 0.717) is 0 Å². The van der Waals surface area contributed by atoms with Crippen molar-refractivity contribution < 1.29 is 43.7 Å². The number of aromatic hydroxyl groups is 1. The Morgan fingerprint density at radius 3 is 1.58 bits per heavy atom. The summed E-state index contributed by atoms with van der Waals surface area (Å²) in [5.74, 6) is -7.07. The number of nitrogens with one attached hydrogen (secondary N) is 2. The second-order valence-electron chi connectivity index (χ2n) is 7.41. The van der Waals surface area contributed by atoms with Gasteiger partial charge in [0.2, 0.25) is 12.2 Å². The average molecular weight is 561 g/mol. The van der Waals surface area contributed by atoms with Gasteiger partial charge in [-0.05, 0) is 36.4 Å². The zero-order valence-electron chi connectivity index (χ0n) is 19.1. The fraction of sp³-hybridized carbons (Fsp3) is 0.0800. The molecule has 0 heterocycles. The third-order valence-corrected chi connectivity index (χ3v) is 5.54. The van der Waals surface area contributed by atoms with E-state index in [2.05, 4.69) is 0 Å². The Bertz CT molecular complexity index is 1400. The van der Waals surface area contributed by atoms with Crippen LogP contribution in [0.3, 0.4) is 0 Å². The van der Waals surface area contributed by atoms with E-state index in [1.54, 1.807) is 0 Å². The Kier molecular flexibility index (Phi) is 9.25. The molecule has 0 aliphatic heterocycles. The molecule has 3 aromatic rings. The second-order valence-corrected chi connectivity index (χ2v) is 8.22. The van der Waals surface area contributed by atoms with Gasteiger partial charge in [-0.15, -0.1) is 0 Å². The van der Waals surface area contributed by atoms with Gasteiger partial charge in [0.05, 0.1) is 26.7 Å². The maximum absolute atomic E-state index is 13.0. The lowest BCUT2D eigenvalue weighted by molar-refractivity contribution is -0.159. The quantitative estimate of drug-likeness (QED) is 0.239. The number of carboxylic acid groups (broad SMARTS) is 1. The lowest BCUT2D eigenvalue weighted by Gasteiger charge is -2.24. The molecule has 0 aliphatic carbocycles. The molecule has 0 bridgehead atoms. The Hall–Kier alpha value is -4.61. The van der Waals surface area contributed by atoms with E-state index in [0.717, 1.165) is 0 Å². The Balaban J connectivity index is 1.88. The minimum Gasteiger partial charge on any atom is -0.507 e. The summed E-state index contributed by atoms with van der Waals surface area (Å²) in [6, 6.07) is 16.5. The fourth-order valence-corrected chi connectivity index (χ4v) is 3.45. The van der Waals surface area contributed by atoms with E-state index < -0.39 is 47.7 Å². The molecule has 196 valence electrons. The molecule has 0 spiro atoms. The highest BCUT2D eigenvalue weighted by molar-refractivity contribution is 6.34. The van der Waals surface area contributed by atoms with Gasteiger partial charge in [-0.25, -0.2) is 14.4 Å². The number of phenolic OH excluding ortho intramolecular Hbond substituents is 1. The van der Waals surface area contributed by atoms with Crippen molar-refractivity contribution in [2.45, 2.75) is 12.2 Å². The lowest BCUT2D eigenvalue weighted by atomic mass is 10.1. The summed E-state index contributed by atoms with van der Waals surface area (Å²) in [5, 5.41) is 19.4. The highest BCUT2D eigenvalue weighted by Gasteiger charge is 2.41. The Labute approximate surface area is 224 Å². The van der Waals surface area contributed by atoms with Crippen molar-refractivity contribution in [2.75, 3.05) is 0 Å². The van der Waals surface area contributed by atoms with Gasteiger partial charge in [0.25, 0.3) is 11.8 Å². The maximum Gasteiger partial charge on any atom is 0.349 e. The first-order valence-electron chi connectivity index (χ1n) is 10.6. The van der Waals surface area contributed by atoms with Gasteiger partial charge < -0.3 is 19.7 Å². The first-order valence-corrected chi connectivity index (χ1v) is 11.4. The van der Waals surface area contributed by atoms with E-state index in [9.17, 15) is 34.2 Å². The summed E-state index contributed by atoms with van der Waals surface area (Å²) in [7, 11) is 0. The van der Waals surface area contributed by atoms with E-state index in [-0.39, 0.29) is 26.7 Å². The number of carboxylic acids is 1. The van der Waals surface area contributed by atoms with Crippen molar-refractivity contribution in [3.8, 4) is 5.75 Å². The predicted octanol–water partition coefficient (Wildman–Crippen LogP) is 3.00. The fourth-order valence-electron chi connectivity index (χ4n) is 3.03. The molecule has 0 aliphatic rings. The van der Waals surface area contributed by atoms with Crippen LogP contribution in [0.5, 0.6) is 5.75 Å². The largest absolute Gasteiger partial charge is 0.507 e. The van der Waals surface area contributed by atoms with Crippen LogP contribution in [0.4, 0.5) is 0 Å². The highest BCUT2D eigenvalue weighted by atomic mass is 35.5. The number of ether oxygens (including phenoxy) is 2. The zero-order valence-corrected chi connectivity index (χ0v) is 20.6. The number of halogens is 2. The maximum atomic E-state index is 13.0. The van der Waals surface area contributed by atoms with Crippen LogP contribution in [0, 0.1) is 0 Å². The van der Waals surface area contributed by atoms with Gasteiger partial charge in [-0.1, -0.05) is 59.6 Å². The number of carbonyl (C=O) groups excluding carboxylic acids is 4. The van der Waals surface area contributed by atoms with Crippen molar-refractivity contribution in [3.63, 3.8) is 0 Å². The number of carbonyl (C=O) groups is 5. The highest BCUT2D eigenvalue weighted by Crippen LogP contribution is 2.21. The summed E-state index contributed by atoms with van der Waals surface area (Å²) < 4.78 is 10.1. The molecule has 0 saturated carbocycles. The molecular formula is C25H18Cl2N2O9. The third-order valence-electron chi connectivity index (χ3n) is 4.88. The predicted molar refractivity (Wildman–Crippen MR) is 133 cm³/mol. The average Bonchev–Trinajstić information content (AvgIpc) is 2.89. The number of aliphatic carboxylic acids is 1. The minimum absolute atomic E-state index is 0.0642. The zero-order chi connectivity index (χ0) is 27.8. The molecule has 3 aromatic carbocycles. The Morgan fingerprint density at radius 1 is 0.658 bits per heavy atom. The monoisotopic (exact) mass is 560 g/mol. The SMILES string of the molecule is O=C(NNC(=O)[C@@H](OC(=O)c1ccccc1Cl)[C@H](OC(=O)c1ccccc1Cl)C(=O)O)c1ccccc1O. The topological polar surface area (TPSA) is 168 Å². The van der Waals surface area contributed by atoms with Crippen LogP contribution in [0.2, 0.25) is 10.0 Å². The standard InChI is InChI=1S/C25H18Cl2N2O9/c26-16-10-4-1-7-13(16)24(35)37-19(22(32)29-28-21(31)15-9-3-6-12-18(15)30)20(23(33)34)38-25(36)14-8-2-5-11-17(14)27/h1-12,19-20,30H,(H,28,31)(H,29,32)(H,33,34)/t19-,20-/m0/s1. The van der Waals surface area contributed by atoms with Crippen LogP contribution in [0.15, 0.2) is 72.8 Å². The normalized spacial score (nSPS) is 11.9. The smallest absolute Gasteiger partial charge is 0.349 e. The molecule has 0 radical (unpaired) electrons. The summed E-state index contributed by atoms with van der Waals surface area (Å²) >= 11 is 12.0. The number of amides is 2. The molecule has 2 amide bonds. The summed E-state index contributed by atoms with van der Waals surface area (Å²) in [4.78, 5) is 62.8. The molecular weight excluding hydrogens is 543 g/mol. The molecule has 2 atom stereocenters. The van der Waals surface area contributed by atoms with E-state index in [1.165, 1.54) is 72.8 Å². The van der Waals surface area contributed by atoms with E-state index in [1.807, 2.05) is 10.9 Å². The van der Waals surface area contributed by atoms with Crippen LogP contribution < -0.4 is 10.9 Å². The van der Waals surface area contributed by atoms with Crippen LogP contribution in [-0.4, -0.2) is 52.1 Å². The Morgan fingerprint density at radius 2 is 1.11 bits per heavy atom. The van der Waals surface area contributed by atoms with Crippen molar-refractivity contribution in [1.82, 2.24) is 10.9 Å². The number of para-hydroxylation sites is 1. The van der Waals surface area contributed by atoms with Gasteiger partial charge >= 0.3 is 17.9 Å². The van der Waals surface area contributed by atoms with Gasteiger partial charge in [-0.2, -0.15) is 0 Å². The minimum atomic E-state index is -2.38. The van der Waals surface area contributed by atoms with Gasteiger partial charge in [0, 0.05) is 0 Å². The molecule has 4 N–H and O–H groups in total. The number of hydrogen-bond donors (Lipinski definition) is 4. The lowest BCUT2D eigenvalue weighted by Crippen LogP contribution is -2.54. The molecule has 0 unspecified atom stereocenters. The van der Waals surface area contributed by atoms with E-state index in [4.69, 9.17) is 32.7 Å². The number of rotatable bonds is 8. The molecule has 0 aromatic heterocycles. The van der Waals surface area contributed by atoms with Crippen molar-refractivity contribution in [2.24, 2.45) is 0 Å². The first-order chi connectivity index (χ1) is 18.1. The van der Waals surface area contributed by atoms with Gasteiger partial charge in [-0.3, -0.25) is 20.4 Å². The van der Waals surface area contributed by atoms with Crippen molar-refractivity contribution >= 4 is 52.9 Å². The van der Waals surface area contributed by atoms with E-state index >= 15 is 0 Å². The number of benzene rings is 3. The second kappa shape index (κ2) is 12.6. The molecule has 11 nitrogen and oxygen atoms in total. The molecule has 38 heavy (non-hydrogen) atoms. The number of esters is 2. The van der Waals surface area contributed by atoms with Crippen molar-refractivity contribution in [1.29, 1.82) is 0 Å². The molecule has 0 fully saturated rings. The summed E-state index contributed by atoms with van der Waals surface area (Å²) in [6.07, 6.45) is -4.69. The first kappa shape index (κ1) is 28.0. The molecule has 13 heteroatoms. The summed E-state index contributed by atoms with van der Waals surface area (Å²) in [5.41, 5.74) is 3.20. The van der Waals surface area contributed by atoms with Crippen LogP contribution in [0.25, 0.3) is 0 Å².